The van der Waals surface area contributed by atoms with E-state index < -0.39 is 15.9 Å². The standard InChI is InChI=1S/C20H26N2O5S2/c1-3-26-16-9-10-18(27-4-2)17(13-16)21-20(23)15-7-5-11-22(14-15)29(24,25)19-8-6-12-28-19/h6,8-10,12-13,15H,3-5,7,11,14H2,1-2H3,(H,21,23)/t15-/m0/s1. The topological polar surface area (TPSA) is 84.9 Å². The smallest absolute Gasteiger partial charge is 0.252 e. The zero-order valence-electron chi connectivity index (χ0n) is 16.6. The molecule has 158 valence electrons. The Morgan fingerprint density at radius 2 is 2.03 bits per heavy atom. The first kappa shape index (κ1) is 21.6. The number of nitrogens with one attached hydrogen (secondary N) is 1. The van der Waals surface area contributed by atoms with Crippen LogP contribution in [-0.2, 0) is 14.8 Å². The molecule has 1 atom stereocenters. The fourth-order valence-corrected chi connectivity index (χ4v) is 5.96. The van der Waals surface area contributed by atoms with Gasteiger partial charge in [0.25, 0.3) is 10.0 Å². The van der Waals surface area contributed by atoms with E-state index >= 15 is 0 Å². The SMILES string of the molecule is CCOc1ccc(OCC)c(NC(=O)[C@H]2CCCN(S(=O)(=O)c3cccs3)C2)c1. The third kappa shape index (κ3) is 5.09. The molecule has 2 aromatic rings. The van der Waals surface area contributed by atoms with Gasteiger partial charge in [-0.1, -0.05) is 6.07 Å². The molecule has 1 N–H and O–H groups in total. The van der Waals surface area contributed by atoms with Crippen molar-refractivity contribution >= 4 is 33.0 Å². The molecule has 0 aliphatic carbocycles. The van der Waals surface area contributed by atoms with Crippen LogP contribution in [0.1, 0.15) is 26.7 Å². The molecule has 1 aromatic carbocycles. The van der Waals surface area contributed by atoms with Crippen LogP contribution in [-0.4, -0.2) is 44.9 Å². The average molecular weight is 439 g/mol. The number of sulfonamides is 1. The maximum atomic E-state index is 12.9. The Morgan fingerprint density at radius 3 is 2.72 bits per heavy atom. The fourth-order valence-electron chi connectivity index (χ4n) is 3.29. The second-order valence-corrected chi connectivity index (χ2v) is 9.76. The lowest BCUT2D eigenvalue weighted by Gasteiger charge is -2.31. The number of rotatable bonds is 8. The van der Waals surface area contributed by atoms with E-state index in [0.29, 0.717) is 54.0 Å². The van der Waals surface area contributed by atoms with Gasteiger partial charge in [0.2, 0.25) is 5.91 Å². The van der Waals surface area contributed by atoms with E-state index in [4.69, 9.17) is 9.47 Å². The van der Waals surface area contributed by atoms with E-state index in [2.05, 4.69) is 5.32 Å². The minimum absolute atomic E-state index is 0.168. The van der Waals surface area contributed by atoms with Gasteiger partial charge in [-0.2, -0.15) is 4.31 Å². The number of hydrogen-bond donors (Lipinski definition) is 1. The monoisotopic (exact) mass is 438 g/mol. The van der Waals surface area contributed by atoms with Gasteiger partial charge in [0, 0.05) is 19.2 Å². The quantitative estimate of drug-likeness (QED) is 0.681. The molecule has 0 spiro atoms. The van der Waals surface area contributed by atoms with E-state index in [1.54, 1.807) is 35.7 Å². The predicted octanol–water partition coefficient (Wildman–Crippen LogP) is 3.58. The molecule has 3 rings (SSSR count). The first-order valence-electron chi connectivity index (χ1n) is 9.69. The Labute approximate surface area is 175 Å². The Balaban J connectivity index is 1.74. The van der Waals surface area contributed by atoms with Crippen molar-refractivity contribution in [2.45, 2.75) is 30.9 Å². The summed E-state index contributed by atoms with van der Waals surface area (Å²) in [5.74, 6) is 0.550. The Bertz CT molecular complexity index is 928. The minimum atomic E-state index is -3.56. The number of hydrogen-bond acceptors (Lipinski definition) is 6. The summed E-state index contributed by atoms with van der Waals surface area (Å²) in [6.45, 7) is 5.33. The Hall–Kier alpha value is -2.10. The van der Waals surface area contributed by atoms with Gasteiger partial charge in [0.05, 0.1) is 24.8 Å². The zero-order valence-corrected chi connectivity index (χ0v) is 18.2. The van der Waals surface area contributed by atoms with Crippen molar-refractivity contribution in [2.24, 2.45) is 5.92 Å². The summed E-state index contributed by atoms with van der Waals surface area (Å²) in [4.78, 5) is 12.9. The highest BCUT2D eigenvalue weighted by Gasteiger charge is 2.34. The third-order valence-electron chi connectivity index (χ3n) is 4.66. The molecule has 1 saturated heterocycles. The van der Waals surface area contributed by atoms with Crippen LogP contribution >= 0.6 is 11.3 Å². The summed E-state index contributed by atoms with van der Waals surface area (Å²) in [6.07, 6.45) is 1.28. The summed E-state index contributed by atoms with van der Waals surface area (Å²) in [5.41, 5.74) is 0.529. The van der Waals surface area contributed by atoms with Crippen LogP contribution in [0.15, 0.2) is 39.9 Å². The van der Waals surface area contributed by atoms with Gasteiger partial charge in [-0.05, 0) is 50.3 Å². The highest BCUT2D eigenvalue weighted by atomic mass is 32.2. The Morgan fingerprint density at radius 1 is 1.24 bits per heavy atom. The van der Waals surface area contributed by atoms with E-state index in [9.17, 15) is 13.2 Å². The van der Waals surface area contributed by atoms with E-state index in [1.165, 1.54) is 15.6 Å². The number of benzene rings is 1. The number of amides is 1. The van der Waals surface area contributed by atoms with Gasteiger partial charge >= 0.3 is 0 Å². The number of carbonyl (C=O) groups is 1. The van der Waals surface area contributed by atoms with Crippen molar-refractivity contribution in [3.8, 4) is 11.5 Å². The number of nitrogens with zero attached hydrogens (tertiary/aromatic N) is 1. The molecule has 2 heterocycles. The first-order valence-corrected chi connectivity index (χ1v) is 12.0. The molecule has 29 heavy (non-hydrogen) atoms. The number of piperidine rings is 1. The molecule has 1 amide bonds. The second kappa shape index (κ2) is 9.60. The third-order valence-corrected chi connectivity index (χ3v) is 7.90. The number of anilines is 1. The molecular weight excluding hydrogens is 412 g/mol. The molecular formula is C20H26N2O5S2. The van der Waals surface area contributed by atoms with Gasteiger partial charge in [-0.3, -0.25) is 4.79 Å². The lowest BCUT2D eigenvalue weighted by molar-refractivity contribution is -0.120. The minimum Gasteiger partial charge on any atom is -0.494 e. The molecule has 1 fully saturated rings. The summed E-state index contributed by atoms with van der Waals surface area (Å²) >= 11 is 1.19. The van der Waals surface area contributed by atoms with Crippen molar-refractivity contribution in [2.75, 3.05) is 31.6 Å². The first-order chi connectivity index (χ1) is 14.0. The van der Waals surface area contributed by atoms with Crippen LogP contribution in [0.25, 0.3) is 0 Å². The molecule has 7 nitrogen and oxygen atoms in total. The van der Waals surface area contributed by atoms with Crippen LogP contribution < -0.4 is 14.8 Å². The number of thiophene rings is 1. The summed E-state index contributed by atoms with van der Waals surface area (Å²) in [5, 5.41) is 4.65. The normalized spacial score (nSPS) is 17.7. The van der Waals surface area contributed by atoms with Crippen molar-refractivity contribution in [3.63, 3.8) is 0 Å². The summed E-state index contributed by atoms with van der Waals surface area (Å²) in [6, 6.07) is 8.59. The molecule has 0 saturated carbocycles. The number of carbonyl (C=O) groups excluding carboxylic acids is 1. The highest BCUT2D eigenvalue weighted by molar-refractivity contribution is 7.91. The van der Waals surface area contributed by atoms with Gasteiger partial charge in [0.15, 0.2) is 0 Å². The lowest BCUT2D eigenvalue weighted by atomic mass is 9.98. The molecule has 1 aromatic heterocycles. The second-order valence-electron chi connectivity index (χ2n) is 6.65. The Kier molecular flexibility index (Phi) is 7.15. The molecule has 0 unspecified atom stereocenters. The molecule has 1 aliphatic heterocycles. The van der Waals surface area contributed by atoms with Crippen LogP contribution in [0.3, 0.4) is 0 Å². The summed E-state index contributed by atoms with van der Waals surface area (Å²) in [7, 11) is -3.56. The average Bonchev–Trinajstić information content (AvgIpc) is 3.26. The predicted molar refractivity (Wildman–Crippen MR) is 113 cm³/mol. The zero-order chi connectivity index (χ0) is 20.9. The van der Waals surface area contributed by atoms with E-state index in [-0.39, 0.29) is 12.5 Å². The van der Waals surface area contributed by atoms with Crippen molar-refractivity contribution < 1.29 is 22.7 Å². The van der Waals surface area contributed by atoms with Crippen LogP contribution in [0.2, 0.25) is 0 Å². The van der Waals surface area contributed by atoms with Crippen LogP contribution in [0, 0.1) is 5.92 Å². The molecule has 0 radical (unpaired) electrons. The molecule has 9 heteroatoms. The summed E-state index contributed by atoms with van der Waals surface area (Å²) < 4.78 is 38.4. The van der Waals surface area contributed by atoms with Crippen molar-refractivity contribution in [1.82, 2.24) is 4.31 Å². The van der Waals surface area contributed by atoms with E-state index in [1.807, 2.05) is 13.8 Å². The fraction of sp³-hybridized carbons (Fsp3) is 0.450. The van der Waals surface area contributed by atoms with Gasteiger partial charge in [0.1, 0.15) is 15.7 Å². The largest absolute Gasteiger partial charge is 0.494 e. The van der Waals surface area contributed by atoms with Gasteiger partial charge in [-0.25, -0.2) is 8.42 Å². The maximum absolute atomic E-state index is 12.9. The van der Waals surface area contributed by atoms with E-state index in [0.717, 1.165) is 0 Å². The van der Waals surface area contributed by atoms with Crippen molar-refractivity contribution in [1.29, 1.82) is 0 Å². The number of ether oxygens (including phenoxy) is 2. The molecule has 0 bridgehead atoms. The van der Waals surface area contributed by atoms with Crippen LogP contribution in [0.4, 0.5) is 5.69 Å². The maximum Gasteiger partial charge on any atom is 0.252 e. The highest BCUT2D eigenvalue weighted by Crippen LogP contribution is 2.31. The lowest BCUT2D eigenvalue weighted by Crippen LogP contribution is -2.43. The van der Waals surface area contributed by atoms with Gasteiger partial charge < -0.3 is 14.8 Å². The van der Waals surface area contributed by atoms with Crippen molar-refractivity contribution in [3.05, 3.63) is 35.7 Å². The molecule has 1 aliphatic rings. The van der Waals surface area contributed by atoms with Gasteiger partial charge in [-0.15, -0.1) is 11.3 Å². The van der Waals surface area contributed by atoms with Crippen LogP contribution in [0.5, 0.6) is 11.5 Å².